The van der Waals surface area contributed by atoms with Crippen molar-refractivity contribution in [3.63, 3.8) is 0 Å². The van der Waals surface area contributed by atoms with E-state index < -0.39 is 0 Å². The smallest absolute Gasteiger partial charge is 0.142 e. The van der Waals surface area contributed by atoms with Gasteiger partial charge in [0.2, 0.25) is 0 Å². The Hall–Kier alpha value is -5.87. The summed E-state index contributed by atoms with van der Waals surface area (Å²) in [5.41, 5.74) is 8.76. The molecule has 0 fully saturated rings. The minimum Gasteiger partial charge on any atom is -0.683 e. The summed E-state index contributed by atoms with van der Waals surface area (Å²) in [6.45, 7) is 0. The first kappa shape index (κ1) is 33.0. The van der Waals surface area contributed by atoms with Crippen LogP contribution in [0.4, 0.5) is 5.69 Å². The predicted octanol–water partition coefficient (Wildman–Crippen LogP) is 14.1. The third-order valence-electron chi connectivity index (χ3n) is 10.1. The van der Waals surface area contributed by atoms with Crippen molar-refractivity contribution in [2.75, 3.05) is 7.05 Å². The number of phenols is 1. The standard InChI is InChI=1S/C29H20NO2.C18H11NS.W/c1-30-28-25(31)17-24(29-27(28)23-9-5-6-10-26(23)32-29)22-14-13-20-15-19(11-12-21(20)16-22)18-7-3-2-4-8-18;1-3-7-15-11(5-1)13-9-14-12-6-2-4-8-17(12)20-18(14)10-16(13)19-15;/h2-17,31H,1H3;1-10,19H;/q-1;;. The summed E-state index contributed by atoms with van der Waals surface area (Å²) >= 11 is 1.87. The largest absolute Gasteiger partial charge is 0.683 e. The monoisotopic (exact) mass is 871 g/mol. The van der Waals surface area contributed by atoms with Gasteiger partial charge in [-0.05, 0) is 76.0 Å². The van der Waals surface area contributed by atoms with E-state index in [1.54, 1.807) is 13.1 Å². The molecule has 4 nitrogen and oxygen atoms in total. The number of aromatic nitrogens is 1. The van der Waals surface area contributed by atoms with Gasteiger partial charge in [0.1, 0.15) is 16.9 Å². The van der Waals surface area contributed by atoms with Crippen molar-refractivity contribution in [3.8, 4) is 28.0 Å². The van der Waals surface area contributed by atoms with Gasteiger partial charge in [-0.3, -0.25) is 0 Å². The Balaban J connectivity index is 0.000000152. The minimum atomic E-state index is 0. The van der Waals surface area contributed by atoms with Gasteiger partial charge in [-0.25, -0.2) is 0 Å². The topological polar surface area (TPSA) is 63.3 Å². The molecule has 0 aliphatic rings. The Bertz CT molecular complexity index is 3050. The number of hydrogen-bond donors (Lipinski definition) is 2. The number of thiophene rings is 1. The van der Waals surface area contributed by atoms with Gasteiger partial charge < -0.3 is 19.8 Å². The minimum absolute atomic E-state index is 0. The second kappa shape index (κ2) is 13.3. The van der Waals surface area contributed by atoms with Gasteiger partial charge >= 0.3 is 0 Å². The van der Waals surface area contributed by atoms with Crippen LogP contribution in [-0.4, -0.2) is 17.1 Å². The average molecular weight is 872 g/mol. The summed E-state index contributed by atoms with van der Waals surface area (Å²) in [5, 5.41) is 24.5. The van der Waals surface area contributed by atoms with Crippen molar-refractivity contribution in [1.82, 2.24) is 4.98 Å². The number of hydrogen-bond acceptors (Lipinski definition) is 3. The van der Waals surface area contributed by atoms with Crippen LogP contribution in [-0.2, 0) is 21.1 Å². The molecule has 0 amide bonds. The number of H-pyrrole nitrogens is 1. The number of aromatic amines is 1. The molecule has 2 N–H and O–H groups in total. The molecule has 0 aliphatic carbocycles. The number of para-hydroxylation sites is 2. The summed E-state index contributed by atoms with van der Waals surface area (Å²) in [5.74, 6) is 0.154. The Labute approximate surface area is 323 Å². The Morgan fingerprint density at radius 3 is 2.04 bits per heavy atom. The van der Waals surface area contributed by atoms with Crippen LogP contribution in [0.5, 0.6) is 5.75 Å². The molecule has 53 heavy (non-hydrogen) atoms. The zero-order chi connectivity index (χ0) is 34.8. The molecule has 8 aromatic carbocycles. The zero-order valence-electron chi connectivity index (χ0n) is 28.6. The van der Waals surface area contributed by atoms with Crippen molar-refractivity contribution in [2.45, 2.75) is 0 Å². The number of rotatable bonds is 3. The van der Waals surface area contributed by atoms with Crippen molar-refractivity contribution < 1.29 is 30.6 Å². The van der Waals surface area contributed by atoms with E-state index in [2.05, 4.69) is 132 Å². The molecule has 3 aromatic heterocycles. The van der Waals surface area contributed by atoms with Crippen LogP contribution in [0.15, 0.2) is 162 Å². The second-order valence-corrected chi connectivity index (χ2v) is 14.2. The summed E-state index contributed by atoms with van der Waals surface area (Å²) in [4.78, 5) is 3.52. The van der Waals surface area contributed by atoms with Crippen LogP contribution < -0.4 is 0 Å². The second-order valence-electron chi connectivity index (χ2n) is 13.1. The van der Waals surface area contributed by atoms with E-state index >= 15 is 0 Å². The molecule has 0 atom stereocenters. The van der Waals surface area contributed by atoms with Gasteiger partial charge in [0.15, 0.2) is 0 Å². The van der Waals surface area contributed by atoms with Crippen LogP contribution in [0.3, 0.4) is 0 Å². The first-order chi connectivity index (χ1) is 25.6. The molecule has 0 saturated carbocycles. The fraction of sp³-hybridized carbons (Fsp3) is 0.0213. The Morgan fingerprint density at radius 2 is 1.23 bits per heavy atom. The third-order valence-corrected chi connectivity index (χ3v) is 11.2. The van der Waals surface area contributed by atoms with E-state index in [1.807, 2.05) is 41.7 Å². The molecule has 0 bridgehead atoms. The average Bonchev–Trinajstić information content (AvgIpc) is 3.88. The molecule has 0 radical (unpaired) electrons. The van der Waals surface area contributed by atoms with Crippen molar-refractivity contribution in [1.29, 1.82) is 0 Å². The summed E-state index contributed by atoms with van der Waals surface area (Å²) < 4.78 is 8.97. The van der Waals surface area contributed by atoms with Crippen LogP contribution in [0.1, 0.15) is 0 Å². The maximum Gasteiger partial charge on any atom is 0.142 e. The molecule has 11 aromatic rings. The Kier molecular flexibility index (Phi) is 8.26. The predicted molar refractivity (Wildman–Crippen MR) is 221 cm³/mol. The summed E-state index contributed by atoms with van der Waals surface area (Å²) in [7, 11) is 1.69. The molecule has 3 heterocycles. The SMILES string of the molecule is C[N-]c1c(O)cc(-c2ccc3cc(-c4ccccc4)ccc3c2)c2oc3ccccc3c12.[W].c1ccc2c(c1)[nH]c1cc3sc4ccccc4c3cc12. The van der Waals surface area contributed by atoms with E-state index in [-0.39, 0.29) is 26.8 Å². The Morgan fingerprint density at radius 1 is 0.547 bits per heavy atom. The van der Waals surface area contributed by atoms with Crippen LogP contribution in [0.2, 0.25) is 0 Å². The van der Waals surface area contributed by atoms with E-state index in [0.717, 1.165) is 38.5 Å². The normalized spacial score (nSPS) is 11.4. The van der Waals surface area contributed by atoms with Crippen molar-refractivity contribution >= 4 is 91.7 Å². The van der Waals surface area contributed by atoms with Gasteiger partial charge in [-0.15, -0.1) is 18.4 Å². The van der Waals surface area contributed by atoms with Crippen molar-refractivity contribution in [2.24, 2.45) is 0 Å². The van der Waals surface area contributed by atoms with E-state index in [4.69, 9.17) is 4.42 Å². The number of phenolic OH excluding ortho intramolecular Hbond substituents is 1. The third kappa shape index (κ3) is 5.56. The number of nitrogens with one attached hydrogen (secondary N) is 1. The maximum absolute atomic E-state index is 10.8. The first-order valence-electron chi connectivity index (χ1n) is 17.3. The molecule has 6 heteroatoms. The number of nitrogens with zero attached hydrogens (tertiary/aromatic N) is 1. The molecule has 11 rings (SSSR count). The van der Waals surface area contributed by atoms with E-state index in [0.29, 0.717) is 5.69 Å². The van der Waals surface area contributed by atoms with Crippen LogP contribution in [0.25, 0.3) is 102 Å². The summed E-state index contributed by atoms with van der Waals surface area (Å²) in [6.07, 6.45) is 0. The maximum atomic E-state index is 10.8. The van der Waals surface area contributed by atoms with Gasteiger partial charge in [0.25, 0.3) is 0 Å². The van der Waals surface area contributed by atoms with Gasteiger partial charge in [-0.2, -0.15) is 0 Å². The molecular weight excluding hydrogens is 840 g/mol. The van der Waals surface area contributed by atoms with Crippen molar-refractivity contribution in [3.05, 3.63) is 163 Å². The van der Waals surface area contributed by atoms with E-state index in [9.17, 15) is 5.11 Å². The van der Waals surface area contributed by atoms with Gasteiger partial charge in [-0.1, -0.05) is 115 Å². The number of benzene rings is 8. The summed E-state index contributed by atoms with van der Waals surface area (Å²) in [6, 6.07) is 54.7. The molecular formula is C47H31N2O2SW-. The number of fused-ring (bicyclic) bond motifs is 10. The number of furan rings is 1. The van der Waals surface area contributed by atoms with Gasteiger partial charge in [0.05, 0.1) is 0 Å². The fourth-order valence-corrected chi connectivity index (χ4v) is 8.73. The zero-order valence-corrected chi connectivity index (χ0v) is 32.4. The van der Waals surface area contributed by atoms with Crippen LogP contribution >= 0.6 is 11.3 Å². The molecule has 0 aliphatic heterocycles. The van der Waals surface area contributed by atoms with Crippen LogP contribution in [0, 0.1) is 0 Å². The quantitative estimate of drug-likeness (QED) is 0.186. The fourth-order valence-electron chi connectivity index (χ4n) is 7.60. The number of aromatic hydroxyl groups is 1. The molecule has 0 spiro atoms. The molecule has 254 valence electrons. The molecule has 0 saturated heterocycles. The first-order valence-corrected chi connectivity index (χ1v) is 18.1. The van der Waals surface area contributed by atoms with Gasteiger partial charge in [0, 0.05) is 79.4 Å². The molecule has 0 unspecified atom stereocenters. The van der Waals surface area contributed by atoms with E-state index in [1.165, 1.54) is 58.5 Å².